The monoisotopic (exact) mass is 339 g/mol. The Labute approximate surface area is 141 Å². The summed E-state index contributed by atoms with van der Waals surface area (Å²) in [7, 11) is 1.57. The quantitative estimate of drug-likeness (QED) is 0.865. The van der Waals surface area contributed by atoms with Crippen LogP contribution in [0.5, 0.6) is 5.75 Å². The molecule has 2 rings (SSSR count). The predicted octanol–water partition coefficient (Wildman–Crippen LogP) is 2.99. The molecule has 0 saturated carbocycles. The van der Waals surface area contributed by atoms with Gasteiger partial charge in [-0.25, -0.2) is 0 Å². The fraction of sp³-hybridized carbons (Fsp3) is 0.529. The van der Waals surface area contributed by atoms with Crippen LogP contribution < -0.4 is 4.74 Å². The Kier molecular flexibility index (Phi) is 6.28. The minimum absolute atomic E-state index is 0.0330. The van der Waals surface area contributed by atoms with Crippen LogP contribution in [0.1, 0.15) is 31.2 Å². The van der Waals surface area contributed by atoms with E-state index in [4.69, 9.17) is 21.4 Å². The van der Waals surface area contributed by atoms with Crippen LogP contribution >= 0.6 is 11.6 Å². The van der Waals surface area contributed by atoms with Crippen molar-refractivity contribution >= 4 is 23.5 Å². The van der Waals surface area contributed by atoms with Crippen molar-refractivity contribution in [1.29, 1.82) is 0 Å². The van der Waals surface area contributed by atoms with E-state index in [0.29, 0.717) is 23.7 Å². The molecule has 1 aliphatic heterocycles. The zero-order chi connectivity index (χ0) is 16.8. The second kappa shape index (κ2) is 8.20. The topological polar surface area (TPSA) is 66.8 Å². The summed E-state index contributed by atoms with van der Waals surface area (Å²) in [6.07, 6.45) is 2.93. The number of amides is 1. The van der Waals surface area contributed by atoms with E-state index in [0.717, 1.165) is 24.9 Å². The van der Waals surface area contributed by atoms with E-state index in [1.54, 1.807) is 25.3 Å². The van der Waals surface area contributed by atoms with E-state index in [1.807, 2.05) is 4.90 Å². The summed E-state index contributed by atoms with van der Waals surface area (Å²) in [4.78, 5) is 25.1. The molecular formula is C17H22ClNO4. The molecule has 1 amide bonds. The van der Waals surface area contributed by atoms with Crippen LogP contribution in [0.4, 0.5) is 0 Å². The fourth-order valence-electron chi connectivity index (χ4n) is 3.01. The van der Waals surface area contributed by atoms with Gasteiger partial charge in [0, 0.05) is 30.1 Å². The highest BCUT2D eigenvalue weighted by Gasteiger charge is 2.24. The summed E-state index contributed by atoms with van der Waals surface area (Å²) in [5.74, 6) is 0.176. The summed E-state index contributed by atoms with van der Waals surface area (Å²) in [6.45, 7) is 1.36. The number of methoxy groups -OCH3 is 1. The van der Waals surface area contributed by atoms with Gasteiger partial charge in [-0.2, -0.15) is 0 Å². The number of hydrogen-bond donors (Lipinski definition) is 1. The van der Waals surface area contributed by atoms with Crippen LogP contribution in [0.2, 0.25) is 5.02 Å². The van der Waals surface area contributed by atoms with Gasteiger partial charge in [0.25, 0.3) is 0 Å². The molecule has 5 nitrogen and oxygen atoms in total. The maximum atomic E-state index is 12.5. The molecule has 0 aromatic heterocycles. The van der Waals surface area contributed by atoms with E-state index in [-0.39, 0.29) is 24.7 Å². The molecule has 1 N–H and O–H groups in total. The molecule has 23 heavy (non-hydrogen) atoms. The smallest absolute Gasteiger partial charge is 0.303 e. The van der Waals surface area contributed by atoms with Gasteiger partial charge in [-0.05, 0) is 43.4 Å². The number of carboxylic acid groups (broad SMARTS) is 1. The third-order valence-corrected chi connectivity index (χ3v) is 4.46. The van der Waals surface area contributed by atoms with E-state index in [2.05, 4.69) is 0 Å². The number of rotatable bonds is 6. The molecule has 1 saturated heterocycles. The van der Waals surface area contributed by atoms with Crippen molar-refractivity contribution < 1.29 is 19.4 Å². The number of likely N-dealkylation sites (tertiary alicyclic amines) is 1. The molecule has 1 aliphatic rings. The number of benzene rings is 1. The average Bonchev–Trinajstić information content (AvgIpc) is 2.53. The lowest BCUT2D eigenvalue weighted by Crippen LogP contribution is -2.40. The largest absolute Gasteiger partial charge is 0.496 e. The number of hydrogen-bond acceptors (Lipinski definition) is 3. The number of ether oxygens (including phenoxy) is 1. The van der Waals surface area contributed by atoms with Crippen molar-refractivity contribution in [2.45, 2.75) is 32.1 Å². The van der Waals surface area contributed by atoms with E-state index in [9.17, 15) is 9.59 Å². The SMILES string of the molecule is COc1ccc(Cl)cc1CC(=O)N1CCC[C@@H](CCC(=O)O)C1. The Bertz CT molecular complexity index is 576. The molecule has 1 aromatic rings. The highest BCUT2D eigenvalue weighted by Crippen LogP contribution is 2.25. The summed E-state index contributed by atoms with van der Waals surface area (Å²) in [5.41, 5.74) is 0.776. The second-order valence-corrected chi connectivity index (χ2v) is 6.35. The van der Waals surface area contributed by atoms with Gasteiger partial charge in [0.15, 0.2) is 0 Å². The molecule has 0 radical (unpaired) electrons. The lowest BCUT2D eigenvalue weighted by Gasteiger charge is -2.33. The number of halogens is 1. The summed E-state index contributed by atoms with van der Waals surface area (Å²) in [5, 5.41) is 9.37. The first-order valence-electron chi connectivity index (χ1n) is 7.81. The minimum Gasteiger partial charge on any atom is -0.496 e. The Morgan fingerprint density at radius 2 is 2.22 bits per heavy atom. The van der Waals surface area contributed by atoms with E-state index in [1.165, 1.54) is 0 Å². The maximum Gasteiger partial charge on any atom is 0.303 e. The molecule has 126 valence electrons. The normalized spacial score (nSPS) is 17.8. The number of carboxylic acids is 1. The molecular weight excluding hydrogens is 318 g/mol. The molecule has 1 atom stereocenters. The number of piperidine rings is 1. The Morgan fingerprint density at radius 3 is 2.91 bits per heavy atom. The van der Waals surface area contributed by atoms with Gasteiger partial charge in [0.2, 0.25) is 5.91 Å². The molecule has 0 aliphatic carbocycles. The first kappa shape index (κ1) is 17.6. The summed E-state index contributed by atoms with van der Waals surface area (Å²) >= 11 is 6.00. The fourth-order valence-corrected chi connectivity index (χ4v) is 3.21. The Morgan fingerprint density at radius 1 is 1.43 bits per heavy atom. The van der Waals surface area contributed by atoms with Crippen molar-refractivity contribution in [3.8, 4) is 5.75 Å². The van der Waals surface area contributed by atoms with Gasteiger partial charge in [0.05, 0.1) is 13.5 Å². The summed E-state index contributed by atoms with van der Waals surface area (Å²) in [6, 6.07) is 5.25. The Balaban J connectivity index is 1.97. The van der Waals surface area contributed by atoms with Crippen molar-refractivity contribution in [2.24, 2.45) is 5.92 Å². The van der Waals surface area contributed by atoms with Gasteiger partial charge in [0.1, 0.15) is 5.75 Å². The van der Waals surface area contributed by atoms with Crippen molar-refractivity contribution in [1.82, 2.24) is 4.90 Å². The van der Waals surface area contributed by atoms with Gasteiger partial charge in [-0.15, -0.1) is 0 Å². The standard InChI is InChI=1S/C17H22ClNO4/c1-23-15-6-5-14(18)9-13(15)10-16(20)19-8-2-3-12(11-19)4-7-17(21)22/h5-6,9,12H,2-4,7-8,10-11H2,1H3,(H,21,22)/t12-/m0/s1. The first-order chi connectivity index (χ1) is 11.0. The average molecular weight is 340 g/mol. The highest BCUT2D eigenvalue weighted by molar-refractivity contribution is 6.30. The number of carbonyl (C=O) groups is 2. The number of aliphatic carboxylic acids is 1. The lowest BCUT2D eigenvalue weighted by atomic mass is 9.93. The van der Waals surface area contributed by atoms with Gasteiger partial charge in [-0.1, -0.05) is 11.6 Å². The molecule has 0 unspecified atom stereocenters. The minimum atomic E-state index is -0.780. The van der Waals surface area contributed by atoms with Crippen LogP contribution in [0, 0.1) is 5.92 Å². The predicted molar refractivity (Wildman–Crippen MR) is 87.9 cm³/mol. The third kappa shape index (κ3) is 5.13. The van der Waals surface area contributed by atoms with Crippen molar-refractivity contribution in [2.75, 3.05) is 20.2 Å². The molecule has 1 aromatic carbocycles. The van der Waals surface area contributed by atoms with Gasteiger partial charge < -0.3 is 14.7 Å². The van der Waals surface area contributed by atoms with Crippen molar-refractivity contribution in [3.63, 3.8) is 0 Å². The molecule has 0 spiro atoms. The zero-order valence-corrected chi connectivity index (χ0v) is 14.0. The highest BCUT2D eigenvalue weighted by atomic mass is 35.5. The van der Waals surface area contributed by atoms with Crippen molar-refractivity contribution in [3.05, 3.63) is 28.8 Å². The van der Waals surface area contributed by atoms with Crippen LogP contribution in [0.25, 0.3) is 0 Å². The van der Waals surface area contributed by atoms with Gasteiger partial charge >= 0.3 is 5.97 Å². The van der Waals surface area contributed by atoms with Gasteiger partial charge in [-0.3, -0.25) is 9.59 Å². The summed E-state index contributed by atoms with van der Waals surface area (Å²) < 4.78 is 5.28. The Hall–Kier alpha value is -1.75. The third-order valence-electron chi connectivity index (χ3n) is 4.22. The molecule has 1 fully saturated rings. The first-order valence-corrected chi connectivity index (χ1v) is 8.19. The second-order valence-electron chi connectivity index (χ2n) is 5.91. The molecule has 1 heterocycles. The number of nitrogens with zero attached hydrogens (tertiary/aromatic N) is 1. The number of carbonyl (C=O) groups excluding carboxylic acids is 1. The maximum absolute atomic E-state index is 12.5. The van der Waals surface area contributed by atoms with Crippen LogP contribution in [-0.4, -0.2) is 42.1 Å². The van der Waals surface area contributed by atoms with E-state index < -0.39 is 5.97 Å². The van der Waals surface area contributed by atoms with E-state index >= 15 is 0 Å². The van der Waals surface area contributed by atoms with Crippen LogP contribution in [0.3, 0.4) is 0 Å². The lowest BCUT2D eigenvalue weighted by molar-refractivity contribution is -0.137. The molecule has 0 bridgehead atoms. The molecule has 6 heteroatoms. The van der Waals surface area contributed by atoms with Crippen LogP contribution in [-0.2, 0) is 16.0 Å². The van der Waals surface area contributed by atoms with Crippen LogP contribution in [0.15, 0.2) is 18.2 Å². The zero-order valence-electron chi connectivity index (χ0n) is 13.3.